The number of carboxylic acid groups (broad SMARTS) is 4. The van der Waals surface area contributed by atoms with Crippen LogP contribution < -0.4 is 0 Å². The molecule has 3 rings (SSSR count). The van der Waals surface area contributed by atoms with Crippen LogP contribution in [-0.2, 0) is 32.5 Å². The molecule has 3 aromatic rings. The quantitative estimate of drug-likeness (QED) is 0.223. The van der Waals surface area contributed by atoms with Crippen LogP contribution in [0.5, 0.6) is 0 Å². The summed E-state index contributed by atoms with van der Waals surface area (Å²) in [6, 6.07) is 8.46. The minimum absolute atomic E-state index is 0.0497. The van der Waals surface area contributed by atoms with Gasteiger partial charge in [-0.3, -0.25) is 38.3 Å². The van der Waals surface area contributed by atoms with E-state index in [1.54, 1.807) is 42.7 Å². The molecule has 0 aliphatic heterocycles. The molecular formula is C21H23N7O8. The first-order valence-electron chi connectivity index (χ1n) is 10.5. The summed E-state index contributed by atoms with van der Waals surface area (Å²) in [5, 5.41) is 44.7. The average molecular weight is 501 g/mol. The molecule has 0 saturated heterocycles. The van der Waals surface area contributed by atoms with Gasteiger partial charge in [0.05, 0.1) is 50.9 Å². The second kappa shape index (κ2) is 11.7. The highest BCUT2D eigenvalue weighted by molar-refractivity contribution is 5.73. The maximum absolute atomic E-state index is 11.0. The van der Waals surface area contributed by atoms with Crippen LogP contribution in [-0.4, -0.2) is 105 Å². The van der Waals surface area contributed by atoms with Crippen molar-refractivity contribution in [2.24, 2.45) is 0 Å². The predicted octanol–water partition coefficient (Wildman–Crippen LogP) is -0.334. The standard InChI is InChI=1S/C21H23N7O8/c29-18(30)8-25(9-19(31)32)12-27-6-4-16(23-27)14-2-1-3-15(22-14)17-5-7-28(24-17)13-26(10-20(33)34)11-21(35)36/h1-7H,8-13H2,(H,29,30)(H,31,32)(H,33,34)(H,35,36). The Kier molecular flexibility index (Phi) is 8.43. The van der Waals surface area contributed by atoms with Crippen molar-refractivity contribution in [1.29, 1.82) is 0 Å². The zero-order valence-electron chi connectivity index (χ0n) is 18.8. The van der Waals surface area contributed by atoms with Gasteiger partial charge >= 0.3 is 23.9 Å². The van der Waals surface area contributed by atoms with Crippen LogP contribution in [0.3, 0.4) is 0 Å². The van der Waals surface area contributed by atoms with E-state index in [2.05, 4.69) is 15.2 Å². The van der Waals surface area contributed by atoms with Crippen LogP contribution in [0.2, 0.25) is 0 Å². The SMILES string of the molecule is O=C(O)CN(CC(=O)O)Cn1ccc(-c2cccc(-c3ccn(CN(CC(=O)O)CC(=O)O)n3)n2)n1. The molecule has 190 valence electrons. The molecule has 0 aromatic carbocycles. The second-order valence-electron chi connectivity index (χ2n) is 7.72. The summed E-state index contributed by atoms with van der Waals surface area (Å²) in [6.07, 6.45) is 3.16. The summed E-state index contributed by atoms with van der Waals surface area (Å²) in [5.41, 5.74) is 1.91. The lowest BCUT2D eigenvalue weighted by molar-refractivity contribution is -0.144. The zero-order chi connectivity index (χ0) is 26.2. The van der Waals surface area contributed by atoms with Gasteiger partial charge in [-0.2, -0.15) is 10.2 Å². The predicted molar refractivity (Wildman–Crippen MR) is 120 cm³/mol. The Morgan fingerprint density at radius 3 is 1.31 bits per heavy atom. The number of nitrogens with zero attached hydrogens (tertiary/aromatic N) is 7. The second-order valence-corrected chi connectivity index (χ2v) is 7.72. The van der Waals surface area contributed by atoms with Crippen LogP contribution in [0.15, 0.2) is 42.7 Å². The Morgan fingerprint density at radius 1 is 0.611 bits per heavy atom. The largest absolute Gasteiger partial charge is 0.480 e. The van der Waals surface area contributed by atoms with Crippen molar-refractivity contribution in [2.45, 2.75) is 13.3 Å². The lowest BCUT2D eigenvalue weighted by Crippen LogP contribution is -2.36. The van der Waals surface area contributed by atoms with Gasteiger partial charge in [-0.05, 0) is 24.3 Å². The van der Waals surface area contributed by atoms with Gasteiger partial charge in [0.2, 0.25) is 0 Å². The van der Waals surface area contributed by atoms with Crippen LogP contribution in [0.25, 0.3) is 22.8 Å². The molecule has 0 unspecified atom stereocenters. The first kappa shape index (κ1) is 26.0. The van der Waals surface area contributed by atoms with Crippen LogP contribution in [0.1, 0.15) is 0 Å². The fourth-order valence-electron chi connectivity index (χ4n) is 3.36. The fraction of sp³-hybridized carbons (Fsp3) is 0.286. The van der Waals surface area contributed by atoms with Gasteiger partial charge in [0.15, 0.2) is 0 Å². The Hall–Kier alpha value is -4.63. The normalized spacial score (nSPS) is 11.2. The Balaban J connectivity index is 1.74. The molecular weight excluding hydrogens is 478 g/mol. The van der Waals surface area contributed by atoms with Crippen molar-refractivity contribution in [3.05, 3.63) is 42.7 Å². The van der Waals surface area contributed by atoms with E-state index >= 15 is 0 Å². The van der Waals surface area contributed by atoms with Gasteiger partial charge in [-0.1, -0.05) is 6.07 Å². The maximum atomic E-state index is 11.0. The van der Waals surface area contributed by atoms with E-state index in [1.165, 1.54) is 19.2 Å². The van der Waals surface area contributed by atoms with Crippen LogP contribution >= 0.6 is 0 Å². The van der Waals surface area contributed by atoms with Crippen molar-refractivity contribution >= 4 is 23.9 Å². The minimum atomic E-state index is -1.16. The summed E-state index contributed by atoms with van der Waals surface area (Å²) < 4.78 is 2.81. The minimum Gasteiger partial charge on any atom is -0.480 e. The summed E-state index contributed by atoms with van der Waals surface area (Å²) >= 11 is 0. The Morgan fingerprint density at radius 2 is 0.972 bits per heavy atom. The number of carboxylic acids is 4. The first-order valence-corrected chi connectivity index (χ1v) is 10.5. The Bertz CT molecular complexity index is 1130. The molecule has 0 saturated carbocycles. The van der Waals surface area contributed by atoms with Gasteiger partial charge < -0.3 is 20.4 Å². The van der Waals surface area contributed by atoms with E-state index < -0.39 is 50.1 Å². The topological polar surface area (TPSA) is 204 Å². The number of aliphatic carboxylic acids is 4. The first-order chi connectivity index (χ1) is 17.1. The third kappa shape index (κ3) is 7.71. The van der Waals surface area contributed by atoms with Crippen molar-refractivity contribution in [3.63, 3.8) is 0 Å². The van der Waals surface area contributed by atoms with Crippen molar-refractivity contribution in [2.75, 3.05) is 26.2 Å². The summed E-state index contributed by atoms with van der Waals surface area (Å²) in [4.78, 5) is 50.9. The van der Waals surface area contributed by atoms with Crippen LogP contribution in [0, 0.1) is 0 Å². The highest BCUT2D eigenvalue weighted by Gasteiger charge is 2.17. The molecule has 0 amide bonds. The average Bonchev–Trinajstić information content (AvgIpc) is 3.42. The molecule has 4 N–H and O–H groups in total. The smallest absolute Gasteiger partial charge is 0.317 e. The van der Waals surface area contributed by atoms with E-state index in [-0.39, 0.29) is 13.3 Å². The van der Waals surface area contributed by atoms with Gasteiger partial charge in [0.25, 0.3) is 0 Å². The van der Waals surface area contributed by atoms with Crippen molar-refractivity contribution in [3.8, 4) is 22.8 Å². The van der Waals surface area contributed by atoms with Crippen molar-refractivity contribution < 1.29 is 39.6 Å². The van der Waals surface area contributed by atoms with Crippen molar-refractivity contribution in [1.82, 2.24) is 34.3 Å². The molecule has 3 heterocycles. The number of hydrogen-bond acceptors (Lipinski definition) is 9. The number of rotatable bonds is 14. The van der Waals surface area contributed by atoms with E-state index in [9.17, 15) is 19.2 Å². The zero-order valence-corrected chi connectivity index (χ0v) is 18.8. The van der Waals surface area contributed by atoms with Gasteiger partial charge in [-0.15, -0.1) is 0 Å². The number of aromatic nitrogens is 5. The molecule has 0 spiro atoms. The molecule has 3 aromatic heterocycles. The third-order valence-corrected chi connectivity index (χ3v) is 4.68. The van der Waals surface area contributed by atoms with Gasteiger partial charge in [0, 0.05) is 12.4 Å². The maximum Gasteiger partial charge on any atom is 0.317 e. The highest BCUT2D eigenvalue weighted by atomic mass is 16.4. The number of pyridine rings is 1. The molecule has 0 bridgehead atoms. The van der Waals surface area contributed by atoms with E-state index in [0.29, 0.717) is 22.8 Å². The Labute approximate surface area is 203 Å². The molecule has 0 fully saturated rings. The number of carbonyl (C=O) groups is 4. The molecule has 15 nitrogen and oxygen atoms in total. The molecule has 36 heavy (non-hydrogen) atoms. The fourth-order valence-corrected chi connectivity index (χ4v) is 3.36. The van der Waals surface area contributed by atoms with Gasteiger partial charge in [0.1, 0.15) is 11.4 Å². The summed E-state index contributed by atoms with van der Waals surface area (Å²) in [5.74, 6) is -4.64. The third-order valence-electron chi connectivity index (χ3n) is 4.68. The van der Waals surface area contributed by atoms with E-state index in [1.807, 2.05) is 0 Å². The molecule has 0 radical (unpaired) electrons. The van der Waals surface area contributed by atoms with Gasteiger partial charge in [-0.25, -0.2) is 4.98 Å². The molecule has 15 heteroatoms. The van der Waals surface area contributed by atoms with Crippen LogP contribution in [0.4, 0.5) is 0 Å². The number of hydrogen-bond donors (Lipinski definition) is 4. The van der Waals surface area contributed by atoms with E-state index in [0.717, 1.165) is 0 Å². The monoisotopic (exact) mass is 501 g/mol. The summed E-state index contributed by atoms with van der Waals surface area (Å²) in [7, 11) is 0. The summed E-state index contributed by atoms with van der Waals surface area (Å²) in [6.45, 7) is -1.96. The lowest BCUT2D eigenvalue weighted by Gasteiger charge is -2.17. The van der Waals surface area contributed by atoms with E-state index in [4.69, 9.17) is 20.4 Å². The molecule has 0 aliphatic carbocycles. The molecule has 0 atom stereocenters. The highest BCUT2D eigenvalue weighted by Crippen LogP contribution is 2.20. The molecule has 0 aliphatic rings. The lowest BCUT2D eigenvalue weighted by atomic mass is 10.2.